The Bertz CT molecular complexity index is 561. The number of unbranched alkanes of at least 4 members (excludes halogenated alkanes) is 1. The van der Waals surface area contributed by atoms with Crippen LogP contribution in [0.1, 0.15) is 43.5 Å². The van der Waals surface area contributed by atoms with Crippen molar-refractivity contribution in [3.63, 3.8) is 0 Å². The summed E-state index contributed by atoms with van der Waals surface area (Å²) in [5.41, 5.74) is 5.46. The van der Waals surface area contributed by atoms with Gasteiger partial charge in [0.25, 0.3) is 10.0 Å². The third kappa shape index (κ3) is 5.56. The molecule has 0 aromatic carbocycles. The smallest absolute Gasteiger partial charge is 0.342 e. The first-order valence-corrected chi connectivity index (χ1v) is 8.37. The van der Waals surface area contributed by atoms with E-state index in [1.165, 1.54) is 0 Å². The summed E-state index contributed by atoms with van der Waals surface area (Å²) in [5.74, 6) is -0.732. The van der Waals surface area contributed by atoms with E-state index in [9.17, 15) is 13.2 Å². The quantitative estimate of drug-likeness (QED) is 0.563. The number of halogens is 1. The number of nitrogens with two attached hydrogens (primary N) is 1. The molecule has 22 heavy (non-hydrogen) atoms. The van der Waals surface area contributed by atoms with E-state index in [4.69, 9.17) is 10.5 Å². The SMILES string of the molecule is CCCCC(CN)NS(=O)(=O)c1[nH]ncc1C(=O)OCC.Cl. The number of ether oxygens (including phenoxy) is 1. The molecule has 0 aliphatic carbocycles. The first-order chi connectivity index (χ1) is 9.96. The van der Waals surface area contributed by atoms with Crippen molar-refractivity contribution in [3.8, 4) is 0 Å². The molecular weight excluding hydrogens is 332 g/mol. The van der Waals surface area contributed by atoms with Crippen molar-refractivity contribution in [2.75, 3.05) is 13.2 Å². The fraction of sp³-hybridized carbons (Fsp3) is 0.667. The van der Waals surface area contributed by atoms with Gasteiger partial charge in [0.15, 0.2) is 5.03 Å². The van der Waals surface area contributed by atoms with Gasteiger partial charge in [-0.2, -0.15) is 5.10 Å². The summed E-state index contributed by atoms with van der Waals surface area (Å²) in [6.07, 6.45) is 3.57. The number of nitrogens with zero attached hydrogens (tertiary/aromatic N) is 1. The molecule has 1 aromatic heterocycles. The number of hydrogen-bond acceptors (Lipinski definition) is 6. The number of H-pyrrole nitrogens is 1. The van der Waals surface area contributed by atoms with Crippen LogP contribution in [-0.4, -0.2) is 43.8 Å². The Morgan fingerprint density at radius 3 is 2.73 bits per heavy atom. The van der Waals surface area contributed by atoms with Crippen LogP contribution in [0.25, 0.3) is 0 Å². The van der Waals surface area contributed by atoms with Crippen LogP contribution in [0.4, 0.5) is 0 Å². The molecule has 8 nitrogen and oxygen atoms in total. The van der Waals surface area contributed by atoms with E-state index in [-0.39, 0.29) is 42.2 Å². The van der Waals surface area contributed by atoms with Gasteiger partial charge in [0.1, 0.15) is 5.56 Å². The van der Waals surface area contributed by atoms with Gasteiger partial charge >= 0.3 is 5.97 Å². The highest BCUT2D eigenvalue weighted by atomic mass is 35.5. The van der Waals surface area contributed by atoms with Crippen molar-refractivity contribution in [2.45, 2.75) is 44.2 Å². The highest BCUT2D eigenvalue weighted by molar-refractivity contribution is 7.89. The zero-order valence-corrected chi connectivity index (χ0v) is 14.3. The number of nitrogens with one attached hydrogen (secondary N) is 2. The number of aromatic amines is 1. The Labute approximate surface area is 136 Å². The van der Waals surface area contributed by atoms with Gasteiger partial charge < -0.3 is 10.5 Å². The molecule has 1 rings (SSSR count). The van der Waals surface area contributed by atoms with Crippen LogP contribution in [0.15, 0.2) is 11.2 Å². The summed E-state index contributed by atoms with van der Waals surface area (Å²) < 4.78 is 31.9. The van der Waals surface area contributed by atoms with Crippen LogP contribution in [0, 0.1) is 0 Å². The second-order valence-corrected chi connectivity index (χ2v) is 6.18. The monoisotopic (exact) mass is 354 g/mol. The molecule has 1 unspecified atom stereocenters. The molecule has 0 radical (unpaired) electrons. The Morgan fingerprint density at radius 1 is 1.50 bits per heavy atom. The van der Waals surface area contributed by atoms with Crippen molar-refractivity contribution in [1.82, 2.24) is 14.9 Å². The van der Waals surface area contributed by atoms with E-state index in [2.05, 4.69) is 14.9 Å². The normalized spacial score (nSPS) is 12.5. The minimum atomic E-state index is -3.90. The molecule has 0 saturated carbocycles. The Morgan fingerprint density at radius 2 is 2.18 bits per heavy atom. The fourth-order valence-corrected chi connectivity index (χ4v) is 3.16. The summed E-state index contributed by atoms with van der Waals surface area (Å²) >= 11 is 0. The Balaban J connectivity index is 0.00000441. The molecule has 0 fully saturated rings. The number of aromatic nitrogens is 2. The fourth-order valence-electron chi connectivity index (χ4n) is 1.79. The van der Waals surface area contributed by atoms with Gasteiger partial charge in [0.05, 0.1) is 12.8 Å². The lowest BCUT2D eigenvalue weighted by atomic mass is 10.1. The summed E-state index contributed by atoms with van der Waals surface area (Å²) in [6.45, 7) is 3.98. The second-order valence-electron chi connectivity index (χ2n) is 4.53. The maximum absolute atomic E-state index is 12.3. The lowest BCUT2D eigenvalue weighted by Crippen LogP contribution is -2.40. The second kappa shape index (κ2) is 9.78. The van der Waals surface area contributed by atoms with Crippen LogP contribution in [-0.2, 0) is 14.8 Å². The Kier molecular flexibility index (Phi) is 9.26. The summed E-state index contributed by atoms with van der Waals surface area (Å²) in [4.78, 5) is 11.7. The van der Waals surface area contributed by atoms with E-state index in [0.29, 0.717) is 6.42 Å². The van der Waals surface area contributed by atoms with Crippen LogP contribution in [0.5, 0.6) is 0 Å². The molecule has 128 valence electrons. The summed E-state index contributed by atoms with van der Waals surface area (Å²) in [5, 5.41) is 5.64. The average molecular weight is 355 g/mol. The molecule has 1 aromatic rings. The maximum atomic E-state index is 12.3. The van der Waals surface area contributed by atoms with Crippen molar-refractivity contribution in [1.29, 1.82) is 0 Å². The van der Waals surface area contributed by atoms with E-state index in [1.54, 1.807) is 6.92 Å². The maximum Gasteiger partial charge on any atom is 0.342 e. The number of sulfonamides is 1. The highest BCUT2D eigenvalue weighted by Crippen LogP contribution is 2.14. The molecule has 0 bridgehead atoms. The van der Waals surface area contributed by atoms with Crippen LogP contribution in [0.2, 0.25) is 0 Å². The van der Waals surface area contributed by atoms with Crippen LogP contribution < -0.4 is 10.5 Å². The molecule has 0 aliphatic heterocycles. The first kappa shape index (κ1) is 20.8. The Hall–Kier alpha value is -1.16. The molecule has 1 atom stereocenters. The summed E-state index contributed by atoms with van der Waals surface area (Å²) in [6, 6.07) is -0.381. The molecule has 0 aliphatic rings. The van der Waals surface area contributed by atoms with Gasteiger partial charge in [-0.25, -0.2) is 17.9 Å². The van der Waals surface area contributed by atoms with Crippen molar-refractivity contribution in [2.24, 2.45) is 5.73 Å². The minimum absolute atomic E-state index is 0. The van der Waals surface area contributed by atoms with Crippen LogP contribution in [0.3, 0.4) is 0 Å². The van der Waals surface area contributed by atoms with Crippen molar-refractivity contribution >= 4 is 28.4 Å². The third-order valence-corrected chi connectivity index (χ3v) is 4.37. The molecule has 1 heterocycles. The molecule has 4 N–H and O–H groups in total. The number of carbonyl (C=O) groups is 1. The highest BCUT2D eigenvalue weighted by Gasteiger charge is 2.27. The predicted molar refractivity (Wildman–Crippen MR) is 84.5 cm³/mol. The zero-order chi connectivity index (χ0) is 15.9. The van der Waals surface area contributed by atoms with Crippen molar-refractivity contribution < 1.29 is 17.9 Å². The first-order valence-electron chi connectivity index (χ1n) is 6.89. The number of hydrogen-bond donors (Lipinski definition) is 3. The van der Waals surface area contributed by atoms with Crippen molar-refractivity contribution in [3.05, 3.63) is 11.8 Å². The molecule has 0 saturated heterocycles. The molecule has 10 heteroatoms. The largest absolute Gasteiger partial charge is 0.462 e. The van der Waals surface area contributed by atoms with Gasteiger partial charge in [-0.05, 0) is 13.3 Å². The molecular formula is C12H23ClN4O4S. The van der Waals surface area contributed by atoms with Gasteiger partial charge in [-0.1, -0.05) is 19.8 Å². The lowest BCUT2D eigenvalue weighted by Gasteiger charge is -2.16. The van der Waals surface area contributed by atoms with Crippen LogP contribution >= 0.6 is 12.4 Å². The van der Waals surface area contributed by atoms with Gasteiger partial charge in [-0.3, -0.25) is 5.10 Å². The molecule has 0 spiro atoms. The zero-order valence-electron chi connectivity index (χ0n) is 12.7. The number of carbonyl (C=O) groups excluding carboxylic acids is 1. The van der Waals surface area contributed by atoms with Gasteiger partial charge in [-0.15, -0.1) is 12.4 Å². The van der Waals surface area contributed by atoms with Gasteiger partial charge in [0.2, 0.25) is 0 Å². The third-order valence-electron chi connectivity index (χ3n) is 2.88. The van der Waals surface area contributed by atoms with E-state index in [0.717, 1.165) is 19.0 Å². The van der Waals surface area contributed by atoms with Gasteiger partial charge in [0, 0.05) is 12.6 Å². The van der Waals surface area contributed by atoms with E-state index in [1.807, 2.05) is 6.92 Å². The number of rotatable bonds is 9. The summed E-state index contributed by atoms with van der Waals surface area (Å²) in [7, 11) is -3.90. The standard InChI is InChI=1S/C12H22N4O4S.ClH/c1-3-5-6-9(7-13)16-21(18,19)11-10(8-14-15-11)12(17)20-4-2;/h8-9,16H,3-7,13H2,1-2H3,(H,14,15);1H. The van der Waals surface area contributed by atoms with E-state index < -0.39 is 16.0 Å². The predicted octanol–water partition coefficient (Wildman–Crippen LogP) is 0.804. The minimum Gasteiger partial charge on any atom is -0.462 e. The lowest BCUT2D eigenvalue weighted by molar-refractivity contribution is 0.0522. The molecule has 0 amide bonds. The number of esters is 1. The average Bonchev–Trinajstić information content (AvgIpc) is 2.94. The van der Waals surface area contributed by atoms with E-state index >= 15 is 0 Å². The topological polar surface area (TPSA) is 127 Å².